The minimum absolute atomic E-state index is 0.0346. The second-order valence-corrected chi connectivity index (χ2v) is 5.87. The van der Waals surface area contributed by atoms with E-state index in [-0.39, 0.29) is 41.6 Å². The first kappa shape index (κ1) is 14.0. The van der Waals surface area contributed by atoms with E-state index in [9.17, 15) is 14.4 Å². The van der Waals surface area contributed by atoms with Crippen molar-refractivity contribution >= 4 is 17.7 Å². The zero-order valence-electron chi connectivity index (χ0n) is 12.6. The Hall–Kier alpha value is -2.61. The number of nitrogens with one attached hydrogen (secondary N) is 1. The molecular formula is C15H15N3O5. The molecule has 1 saturated heterocycles. The third-order valence-electron chi connectivity index (χ3n) is 4.66. The molecule has 1 aromatic rings. The Labute approximate surface area is 131 Å². The van der Waals surface area contributed by atoms with Crippen LogP contribution < -0.4 is 11.1 Å². The van der Waals surface area contributed by atoms with Crippen molar-refractivity contribution in [1.29, 1.82) is 0 Å². The quantitative estimate of drug-likeness (QED) is 0.778. The van der Waals surface area contributed by atoms with Gasteiger partial charge in [0, 0.05) is 29.4 Å². The van der Waals surface area contributed by atoms with Crippen molar-refractivity contribution in [2.75, 3.05) is 7.11 Å². The molecule has 3 heterocycles. The average molecular weight is 317 g/mol. The summed E-state index contributed by atoms with van der Waals surface area (Å²) in [5.74, 6) is -0.557. The molecule has 1 aromatic heterocycles. The van der Waals surface area contributed by atoms with Crippen LogP contribution in [0, 0.1) is 0 Å². The molecule has 1 amide bonds. The second kappa shape index (κ2) is 4.45. The van der Waals surface area contributed by atoms with Gasteiger partial charge >= 0.3 is 6.09 Å². The van der Waals surface area contributed by atoms with Gasteiger partial charge in [0.25, 0.3) is 0 Å². The molecule has 3 N–H and O–H groups in total. The Morgan fingerprint density at radius 1 is 1.39 bits per heavy atom. The molecule has 3 aliphatic rings. The van der Waals surface area contributed by atoms with Crippen LogP contribution in [0.25, 0.3) is 0 Å². The fourth-order valence-electron chi connectivity index (χ4n) is 3.61. The van der Waals surface area contributed by atoms with Crippen molar-refractivity contribution in [3.8, 4) is 0 Å². The van der Waals surface area contributed by atoms with Gasteiger partial charge in [0.05, 0.1) is 18.7 Å². The lowest BCUT2D eigenvalue weighted by Crippen LogP contribution is -2.25. The zero-order valence-corrected chi connectivity index (χ0v) is 12.6. The van der Waals surface area contributed by atoms with E-state index in [1.807, 2.05) is 4.57 Å². The highest BCUT2D eigenvalue weighted by atomic mass is 16.5. The largest absolute Gasteiger partial charge is 0.492 e. The first-order valence-electron chi connectivity index (χ1n) is 7.23. The number of nitrogens with two attached hydrogens (primary N) is 1. The van der Waals surface area contributed by atoms with Crippen LogP contribution in [0.1, 0.15) is 45.1 Å². The monoisotopic (exact) mass is 317 g/mol. The molecule has 0 radical (unpaired) electrons. The van der Waals surface area contributed by atoms with Crippen LogP contribution in [0.2, 0.25) is 0 Å². The maximum atomic E-state index is 12.8. The number of primary amides is 1. The highest BCUT2D eigenvalue weighted by Crippen LogP contribution is 2.46. The molecule has 2 atom stereocenters. The molecule has 2 aliphatic heterocycles. The molecule has 23 heavy (non-hydrogen) atoms. The van der Waals surface area contributed by atoms with Gasteiger partial charge in [-0.05, 0) is 6.92 Å². The summed E-state index contributed by atoms with van der Waals surface area (Å²) in [6, 6.07) is 0.345. The molecule has 0 saturated carbocycles. The van der Waals surface area contributed by atoms with Crippen molar-refractivity contribution in [2.45, 2.75) is 32.2 Å². The smallest absolute Gasteiger partial charge is 0.404 e. The van der Waals surface area contributed by atoms with Crippen LogP contribution in [0.15, 0.2) is 11.3 Å². The van der Waals surface area contributed by atoms with E-state index in [4.69, 9.17) is 15.2 Å². The predicted octanol–water partition coefficient (Wildman–Crippen LogP) is 0.409. The summed E-state index contributed by atoms with van der Waals surface area (Å²) >= 11 is 0. The minimum atomic E-state index is -0.926. The first-order chi connectivity index (χ1) is 11.0. The van der Waals surface area contributed by atoms with Gasteiger partial charge in [0.2, 0.25) is 11.6 Å². The summed E-state index contributed by atoms with van der Waals surface area (Å²) in [6.45, 7) is 2.06. The average Bonchev–Trinajstić information content (AvgIpc) is 3.04. The number of Topliss-reactive ketones (excluding diaryl/α,β-unsaturated/α-hetero) is 2. The van der Waals surface area contributed by atoms with E-state index in [1.54, 1.807) is 6.92 Å². The van der Waals surface area contributed by atoms with E-state index >= 15 is 0 Å². The molecule has 0 spiro atoms. The molecule has 1 fully saturated rings. The SMILES string of the molecule is COC1=C(C)C(=O)c2c(c(COC(N)=O)c3n2CC2NC32)C1=O. The maximum Gasteiger partial charge on any atom is 0.404 e. The number of carbonyl (C=O) groups excluding carboxylic acids is 3. The number of amides is 1. The van der Waals surface area contributed by atoms with Crippen LogP contribution in [-0.2, 0) is 22.6 Å². The number of fused-ring (bicyclic) bond motifs is 5. The standard InChI is InChI=1S/C15H15N3O5/c1-5-12(19)11-8(13(20)14(5)22-2)6(4-23-15(16)21)10-9-7(17-9)3-18(10)11/h7,9,17H,3-4H2,1-2H3,(H2,16,21). The van der Waals surface area contributed by atoms with Gasteiger partial charge < -0.3 is 25.1 Å². The number of hydrogen-bond acceptors (Lipinski definition) is 6. The van der Waals surface area contributed by atoms with Crippen LogP contribution >= 0.6 is 0 Å². The van der Waals surface area contributed by atoms with Crippen LogP contribution in [0.5, 0.6) is 0 Å². The van der Waals surface area contributed by atoms with E-state index in [0.717, 1.165) is 5.69 Å². The third-order valence-corrected chi connectivity index (χ3v) is 4.66. The van der Waals surface area contributed by atoms with Crippen molar-refractivity contribution in [2.24, 2.45) is 5.73 Å². The van der Waals surface area contributed by atoms with Gasteiger partial charge in [-0.2, -0.15) is 0 Å². The number of carbonyl (C=O) groups is 3. The molecule has 8 heteroatoms. The number of ketones is 2. The number of aromatic nitrogens is 1. The van der Waals surface area contributed by atoms with Gasteiger partial charge in [-0.3, -0.25) is 9.59 Å². The third kappa shape index (κ3) is 1.72. The molecule has 4 rings (SSSR count). The van der Waals surface area contributed by atoms with Gasteiger partial charge in [-0.1, -0.05) is 0 Å². The molecule has 1 aliphatic carbocycles. The fourth-order valence-corrected chi connectivity index (χ4v) is 3.61. The van der Waals surface area contributed by atoms with E-state index in [1.165, 1.54) is 7.11 Å². The lowest BCUT2D eigenvalue weighted by atomic mass is 9.91. The Balaban J connectivity index is 1.91. The Morgan fingerprint density at radius 2 is 2.13 bits per heavy atom. The Bertz CT molecular complexity index is 820. The summed E-state index contributed by atoms with van der Waals surface area (Å²) < 4.78 is 11.9. The summed E-state index contributed by atoms with van der Waals surface area (Å²) in [5, 5.41) is 3.27. The summed E-state index contributed by atoms with van der Waals surface area (Å²) in [6.07, 6.45) is -0.926. The second-order valence-electron chi connectivity index (χ2n) is 5.87. The first-order valence-corrected chi connectivity index (χ1v) is 7.23. The van der Waals surface area contributed by atoms with Crippen molar-refractivity contribution in [3.63, 3.8) is 0 Å². The van der Waals surface area contributed by atoms with Gasteiger partial charge in [0.1, 0.15) is 12.3 Å². The Morgan fingerprint density at radius 3 is 2.78 bits per heavy atom. The van der Waals surface area contributed by atoms with Crippen molar-refractivity contribution in [1.82, 2.24) is 9.88 Å². The van der Waals surface area contributed by atoms with E-state index in [2.05, 4.69) is 5.32 Å². The minimum Gasteiger partial charge on any atom is -0.492 e. The lowest BCUT2D eigenvalue weighted by molar-refractivity contribution is 0.0899. The normalized spacial score (nSPS) is 24.3. The van der Waals surface area contributed by atoms with E-state index in [0.29, 0.717) is 23.4 Å². The topological polar surface area (TPSA) is 123 Å². The molecule has 0 bridgehead atoms. The number of nitrogens with zero attached hydrogens (tertiary/aromatic N) is 1. The number of hydrogen-bond donors (Lipinski definition) is 2. The maximum absolute atomic E-state index is 12.8. The van der Waals surface area contributed by atoms with Gasteiger partial charge in [0.15, 0.2) is 5.76 Å². The summed E-state index contributed by atoms with van der Waals surface area (Å²) in [4.78, 5) is 36.4. The number of rotatable bonds is 3. The summed E-state index contributed by atoms with van der Waals surface area (Å²) in [5.41, 5.74) is 7.33. The highest BCUT2D eigenvalue weighted by Gasteiger charge is 2.52. The van der Waals surface area contributed by atoms with Crippen LogP contribution in [0.4, 0.5) is 4.79 Å². The molecule has 2 unspecified atom stereocenters. The van der Waals surface area contributed by atoms with Crippen LogP contribution in [-0.4, -0.2) is 35.4 Å². The predicted molar refractivity (Wildman–Crippen MR) is 76.8 cm³/mol. The van der Waals surface area contributed by atoms with E-state index < -0.39 is 6.09 Å². The molecule has 0 aromatic carbocycles. The fraction of sp³-hybridized carbons (Fsp3) is 0.400. The highest BCUT2D eigenvalue weighted by molar-refractivity contribution is 6.26. The molecule has 8 nitrogen and oxygen atoms in total. The van der Waals surface area contributed by atoms with Crippen molar-refractivity contribution in [3.05, 3.63) is 33.8 Å². The number of methoxy groups -OCH3 is 1. The molecular weight excluding hydrogens is 302 g/mol. The Kier molecular flexibility index (Phi) is 2.71. The zero-order chi connectivity index (χ0) is 16.5. The van der Waals surface area contributed by atoms with Crippen molar-refractivity contribution < 1.29 is 23.9 Å². The van der Waals surface area contributed by atoms with Gasteiger partial charge in [-0.25, -0.2) is 4.79 Å². The van der Waals surface area contributed by atoms with Crippen LogP contribution in [0.3, 0.4) is 0 Å². The summed E-state index contributed by atoms with van der Waals surface area (Å²) in [7, 11) is 1.36. The van der Waals surface area contributed by atoms with Gasteiger partial charge in [-0.15, -0.1) is 0 Å². The number of ether oxygens (including phenoxy) is 2. The number of allylic oxidation sites excluding steroid dienone is 2. The lowest BCUT2D eigenvalue weighted by Gasteiger charge is -2.17. The molecule has 120 valence electrons.